The Kier molecular flexibility index (Phi) is 5.16. The van der Waals surface area contributed by atoms with Crippen LogP contribution in [0.3, 0.4) is 0 Å². The number of aliphatic hydroxyl groups is 1. The maximum absolute atomic E-state index is 12.5. The van der Waals surface area contributed by atoms with Crippen molar-refractivity contribution < 1.29 is 9.90 Å². The summed E-state index contributed by atoms with van der Waals surface area (Å²) in [5.74, 6) is 0.164. The first-order valence-corrected chi connectivity index (χ1v) is 8.56. The average Bonchev–Trinajstić information content (AvgIpc) is 2.97. The molecule has 3 rings (SSSR count). The Bertz CT molecular complexity index is 723. The van der Waals surface area contributed by atoms with E-state index in [0.717, 1.165) is 25.7 Å². The highest BCUT2D eigenvalue weighted by Gasteiger charge is 2.24. The van der Waals surface area contributed by atoms with Crippen LogP contribution in [0.15, 0.2) is 24.3 Å². The zero-order valence-electron chi connectivity index (χ0n) is 13.6. The van der Waals surface area contributed by atoms with Gasteiger partial charge in [0.05, 0.1) is 11.4 Å². The standard InChI is InChI=1S/C17H21ClN4O2/c1-11-16(17(24)19-14-7-5-12(10-23)6-8-14)21-22(20-11)15-4-2-3-13(18)9-15/h2-4,9,12,14,23H,5-8,10H2,1H3,(H,19,24). The molecule has 0 spiro atoms. The van der Waals surface area contributed by atoms with Gasteiger partial charge in [-0.05, 0) is 56.7 Å². The predicted molar refractivity (Wildman–Crippen MR) is 91.4 cm³/mol. The molecule has 0 atom stereocenters. The molecule has 1 aliphatic carbocycles. The summed E-state index contributed by atoms with van der Waals surface area (Å²) >= 11 is 5.99. The van der Waals surface area contributed by atoms with Crippen molar-refractivity contribution in [3.8, 4) is 5.69 Å². The van der Waals surface area contributed by atoms with Crippen molar-refractivity contribution in [2.45, 2.75) is 38.6 Å². The van der Waals surface area contributed by atoms with Gasteiger partial charge < -0.3 is 10.4 Å². The van der Waals surface area contributed by atoms with Crippen LogP contribution in [0, 0.1) is 12.8 Å². The van der Waals surface area contributed by atoms with E-state index < -0.39 is 0 Å². The van der Waals surface area contributed by atoms with Gasteiger partial charge in [0.15, 0.2) is 5.69 Å². The lowest BCUT2D eigenvalue weighted by Gasteiger charge is -2.27. The van der Waals surface area contributed by atoms with Crippen molar-refractivity contribution in [2.24, 2.45) is 5.92 Å². The minimum absolute atomic E-state index is 0.135. The number of benzene rings is 1. The van der Waals surface area contributed by atoms with E-state index in [4.69, 9.17) is 11.6 Å². The Morgan fingerprint density at radius 3 is 2.75 bits per heavy atom. The fourth-order valence-corrected chi connectivity index (χ4v) is 3.23. The van der Waals surface area contributed by atoms with Crippen molar-refractivity contribution in [2.75, 3.05) is 6.61 Å². The molecule has 128 valence electrons. The Hall–Kier alpha value is -1.92. The Morgan fingerprint density at radius 1 is 1.33 bits per heavy atom. The molecule has 1 amide bonds. The molecule has 7 heteroatoms. The van der Waals surface area contributed by atoms with Crippen LogP contribution < -0.4 is 5.32 Å². The van der Waals surface area contributed by atoms with E-state index in [-0.39, 0.29) is 18.6 Å². The number of halogens is 1. The van der Waals surface area contributed by atoms with Crippen LogP contribution in [0.5, 0.6) is 0 Å². The number of nitrogens with one attached hydrogen (secondary N) is 1. The molecule has 0 saturated heterocycles. The summed E-state index contributed by atoms with van der Waals surface area (Å²) in [5.41, 5.74) is 1.63. The number of carbonyl (C=O) groups is 1. The van der Waals surface area contributed by atoms with Crippen LogP contribution in [0.2, 0.25) is 5.02 Å². The van der Waals surface area contributed by atoms with E-state index >= 15 is 0 Å². The molecule has 1 heterocycles. The lowest BCUT2D eigenvalue weighted by atomic mass is 9.86. The van der Waals surface area contributed by atoms with E-state index in [2.05, 4.69) is 15.5 Å². The molecule has 0 unspecified atom stereocenters. The molecule has 1 fully saturated rings. The molecule has 0 radical (unpaired) electrons. The zero-order chi connectivity index (χ0) is 17.1. The van der Waals surface area contributed by atoms with Crippen molar-refractivity contribution in [3.63, 3.8) is 0 Å². The summed E-state index contributed by atoms with van der Waals surface area (Å²) in [6.45, 7) is 2.00. The van der Waals surface area contributed by atoms with Gasteiger partial charge in [0.25, 0.3) is 5.91 Å². The highest BCUT2D eigenvalue weighted by Crippen LogP contribution is 2.24. The summed E-state index contributed by atoms with van der Waals surface area (Å²) < 4.78 is 0. The third kappa shape index (κ3) is 3.76. The highest BCUT2D eigenvalue weighted by atomic mass is 35.5. The molecule has 24 heavy (non-hydrogen) atoms. The third-order valence-electron chi connectivity index (χ3n) is 4.48. The number of aromatic nitrogens is 3. The topological polar surface area (TPSA) is 80.0 Å². The van der Waals surface area contributed by atoms with Crippen LogP contribution in [0.4, 0.5) is 0 Å². The first-order chi connectivity index (χ1) is 11.6. The molecule has 1 aromatic heterocycles. The van der Waals surface area contributed by atoms with Crippen LogP contribution >= 0.6 is 11.6 Å². The van der Waals surface area contributed by atoms with Gasteiger partial charge in [-0.3, -0.25) is 4.79 Å². The van der Waals surface area contributed by atoms with E-state index in [1.54, 1.807) is 19.1 Å². The quantitative estimate of drug-likeness (QED) is 0.889. The van der Waals surface area contributed by atoms with Crippen molar-refractivity contribution in [1.29, 1.82) is 0 Å². The van der Waals surface area contributed by atoms with Crippen LogP contribution in [0.25, 0.3) is 5.69 Å². The summed E-state index contributed by atoms with van der Waals surface area (Å²) in [6.07, 6.45) is 3.65. The van der Waals surface area contributed by atoms with Gasteiger partial charge in [0.1, 0.15) is 0 Å². The number of carbonyl (C=O) groups excluding carboxylic acids is 1. The molecular formula is C17H21ClN4O2. The van der Waals surface area contributed by atoms with Gasteiger partial charge in [-0.2, -0.15) is 9.90 Å². The highest BCUT2D eigenvalue weighted by molar-refractivity contribution is 6.30. The molecule has 6 nitrogen and oxygen atoms in total. The minimum atomic E-state index is -0.201. The van der Waals surface area contributed by atoms with Crippen molar-refractivity contribution in [3.05, 3.63) is 40.7 Å². The van der Waals surface area contributed by atoms with Gasteiger partial charge in [-0.25, -0.2) is 0 Å². The third-order valence-corrected chi connectivity index (χ3v) is 4.71. The normalized spacial score (nSPS) is 20.8. The molecule has 2 aromatic rings. The van der Waals surface area contributed by atoms with E-state index in [1.807, 2.05) is 12.1 Å². The predicted octanol–water partition coefficient (Wildman–Crippen LogP) is 2.51. The lowest BCUT2D eigenvalue weighted by molar-refractivity contribution is 0.0908. The second-order valence-corrected chi connectivity index (χ2v) is 6.71. The zero-order valence-corrected chi connectivity index (χ0v) is 14.3. The molecule has 2 N–H and O–H groups in total. The van der Waals surface area contributed by atoms with Crippen LogP contribution in [0.1, 0.15) is 41.9 Å². The maximum atomic E-state index is 12.5. The second kappa shape index (κ2) is 7.32. The van der Waals surface area contributed by atoms with Gasteiger partial charge in [0, 0.05) is 17.7 Å². The fraction of sp³-hybridized carbons (Fsp3) is 0.471. The molecule has 0 bridgehead atoms. The largest absolute Gasteiger partial charge is 0.396 e. The molecule has 1 saturated carbocycles. The molecule has 1 aromatic carbocycles. The number of hydrogen-bond donors (Lipinski definition) is 2. The van der Waals surface area contributed by atoms with Crippen molar-refractivity contribution >= 4 is 17.5 Å². The van der Waals surface area contributed by atoms with E-state index in [9.17, 15) is 9.90 Å². The molecular weight excluding hydrogens is 328 g/mol. The van der Waals surface area contributed by atoms with E-state index in [0.29, 0.717) is 28.0 Å². The van der Waals surface area contributed by atoms with Gasteiger partial charge >= 0.3 is 0 Å². The summed E-state index contributed by atoms with van der Waals surface area (Å²) in [6, 6.07) is 7.31. The Balaban J connectivity index is 1.70. The molecule has 1 aliphatic rings. The molecule has 0 aliphatic heterocycles. The number of aliphatic hydroxyl groups excluding tert-OH is 1. The SMILES string of the molecule is Cc1nn(-c2cccc(Cl)c2)nc1C(=O)NC1CCC(CO)CC1. The minimum Gasteiger partial charge on any atom is -0.396 e. The van der Waals surface area contributed by atoms with E-state index in [1.165, 1.54) is 4.80 Å². The Labute approximate surface area is 145 Å². The number of nitrogens with zero attached hydrogens (tertiary/aromatic N) is 3. The van der Waals surface area contributed by atoms with Gasteiger partial charge in [-0.15, -0.1) is 5.10 Å². The maximum Gasteiger partial charge on any atom is 0.273 e. The number of rotatable bonds is 4. The lowest BCUT2D eigenvalue weighted by Crippen LogP contribution is -2.38. The number of amides is 1. The monoisotopic (exact) mass is 348 g/mol. The summed E-state index contributed by atoms with van der Waals surface area (Å²) in [5, 5.41) is 21.4. The Morgan fingerprint density at radius 2 is 2.08 bits per heavy atom. The van der Waals surface area contributed by atoms with Crippen LogP contribution in [-0.4, -0.2) is 38.7 Å². The van der Waals surface area contributed by atoms with Gasteiger partial charge in [-0.1, -0.05) is 17.7 Å². The fourth-order valence-electron chi connectivity index (χ4n) is 3.05. The first kappa shape index (κ1) is 16.9. The number of aryl methyl sites for hydroxylation is 1. The summed E-state index contributed by atoms with van der Waals surface area (Å²) in [4.78, 5) is 13.9. The van der Waals surface area contributed by atoms with Gasteiger partial charge in [0.2, 0.25) is 0 Å². The number of hydrogen-bond acceptors (Lipinski definition) is 4. The first-order valence-electron chi connectivity index (χ1n) is 8.18. The summed E-state index contributed by atoms with van der Waals surface area (Å²) in [7, 11) is 0. The second-order valence-electron chi connectivity index (χ2n) is 6.28. The smallest absolute Gasteiger partial charge is 0.273 e. The van der Waals surface area contributed by atoms with Crippen molar-refractivity contribution in [1.82, 2.24) is 20.3 Å². The average molecular weight is 349 g/mol. The van der Waals surface area contributed by atoms with Crippen LogP contribution in [-0.2, 0) is 0 Å².